The molecule has 3 rings (SSSR count). The predicted octanol–water partition coefficient (Wildman–Crippen LogP) is 1.63. The van der Waals surface area contributed by atoms with Crippen LogP contribution >= 0.6 is 11.8 Å². The number of aromatic nitrogens is 2. The minimum absolute atomic E-state index is 0.0476. The van der Waals surface area contributed by atoms with Gasteiger partial charge in [0.15, 0.2) is 5.16 Å². The van der Waals surface area contributed by atoms with Crippen molar-refractivity contribution in [1.29, 1.82) is 0 Å². The lowest BCUT2D eigenvalue weighted by atomic mass is 10.2. The monoisotopic (exact) mass is 360 g/mol. The second kappa shape index (κ2) is 8.06. The fourth-order valence-corrected chi connectivity index (χ4v) is 3.25. The Morgan fingerprint density at radius 2 is 2.12 bits per heavy atom. The van der Waals surface area contributed by atoms with Crippen molar-refractivity contribution in [3.63, 3.8) is 0 Å². The van der Waals surface area contributed by atoms with Crippen LogP contribution < -0.4 is 5.32 Å². The molecule has 1 aliphatic heterocycles. The molecule has 8 heteroatoms. The van der Waals surface area contributed by atoms with Gasteiger partial charge in [0.1, 0.15) is 5.82 Å². The second-order valence-electron chi connectivity index (χ2n) is 5.69. The summed E-state index contributed by atoms with van der Waals surface area (Å²) in [5.74, 6) is -0.343. The van der Waals surface area contributed by atoms with Gasteiger partial charge in [-0.1, -0.05) is 23.9 Å². The molecule has 0 bridgehead atoms. The first-order chi connectivity index (χ1) is 12.1. The van der Waals surface area contributed by atoms with E-state index in [0.29, 0.717) is 18.2 Å². The number of carbonyl (C=O) groups is 2. The van der Waals surface area contributed by atoms with Gasteiger partial charge in [-0.15, -0.1) is 0 Å². The van der Waals surface area contributed by atoms with Gasteiger partial charge in [-0.05, 0) is 23.8 Å². The molecule has 1 fully saturated rings. The summed E-state index contributed by atoms with van der Waals surface area (Å²) in [4.78, 5) is 33.8. The molecular weight excluding hydrogens is 343 g/mol. The van der Waals surface area contributed by atoms with E-state index in [-0.39, 0.29) is 35.8 Å². The van der Waals surface area contributed by atoms with Crippen LogP contribution in [0, 0.1) is 5.82 Å². The SMILES string of the molecule is O=C(CSc1ncccn1)N[C@@H]1CC(=O)N(Cc2cccc(F)c2)C1. The van der Waals surface area contributed by atoms with Crippen molar-refractivity contribution in [2.45, 2.75) is 24.2 Å². The lowest BCUT2D eigenvalue weighted by molar-refractivity contribution is -0.128. The Morgan fingerprint density at radius 1 is 1.32 bits per heavy atom. The molecule has 130 valence electrons. The fraction of sp³-hybridized carbons (Fsp3) is 0.294. The third-order valence-corrected chi connectivity index (χ3v) is 4.59. The van der Waals surface area contributed by atoms with E-state index in [2.05, 4.69) is 15.3 Å². The zero-order valence-corrected chi connectivity index (χ0v) is 14.2. The van der Waals surface area contributed by atoms with Crippen LogP contribution in [0.5, 0.6) is 0 Å². The number of carbonyl (C=O) groups excluding carboxylic acids is 2. The summed E-state index contributed by atoms with van der Waals surface area (Å²) in [5, 5.41) is 3.39. The maximum absolute atomic E-state index is 13.2. The van der Waals surface area contributed by atoms with Crippen molar-refractivity contribution in [3.05, 3.63) is 54.1 Å². The zero-order valence-electron chi connectivity index (χ0n) is 13.4. The molecule has 2 aromatic rings. The summed E-state index contributed by atoms with van der Waals surface area (Å²) in [6.07, 6.45) is 3.49. The molecule has 2 amide bonds. The van der Waals surface area contributed by atoms with Crippen molar-refractivity contribution in [2.75, 3.05) is 12.3 Å². The van der Waals surface area contributed by atoms with E-state index in [1.165, 1.54) is 23.9 Å². The number of halogens is 1. The number of thioether (sulfide) groups is 1. The highest BCUT2D eigenvalue weighted by molar-refractivity contribution is 7.99. The summed E-state index contributed by atoms with van der Waals surface area (Å²) in [6, 6.07) is 7.65. The minimum atomic E-state index is -0.325. The normalized spacial score (nSPS) is 16.9. The molecule has 1 aromatic carbocycles. The molecule has 1 N–H and O–H groups in total. The van der Waals surface area contributed by atoms with Gasteiger partial charge < -0.3 is 10.2 Å². The van der Waals surface area contributed by atoms with Gasteiger partial charge in [0, 0.05) is 31.9 Å². The first-order valence-corrected chi connectivity index (χ1v) is 8.80. The highest BCUT2D eigenvalue weighted by atomic mass is 32.2. The fourth-order valence-electron chi connectivity index (χ4n) is 2.64. The molecular formula is C17H17FN4O2S. The second-order valence-corrected chi connectivity index (χ2v) is 6.64. The number of benzene rings is 1. The van der Waals surface area contributed by atoms with E-state index in [0.717, 1.165) is 5.56 Å². The van der Waals surface area contributed by atoms with Crippen molar-refractivity contribution in [2.24, 2.45) is 0 Å². The van der Waals surface area contributed by atoms with Crippen LogP contribution in [-0.4, -0.2) is 45.0 Å². The Kier molecular flexibility index (Phi) is 5.60. The molecule has 6 nitrogen and oxygen atoms in total. The summed E-state index contributed by atoms with van der Waals surface area (Å²) >= 11 is 1.24. The largest absolute Gasteiger partial charge is 0.350 e. The molecule has 0 unspecified atom stereocenters. The smallest absolute Gasteiger partial charge is 0.230 e. The summed E-state index contributed by atoms with van der Waals surface area (Å²) in [6.45, 7) is 0.767. The van der Waals surface area contributed by atoms with Crippen molar-refractivity contribution in [3.8, 4) is 0 Å². The van der Waals surface area contributed by atoms with Crippen LogP contribution in [0.4, 0.5) is 4.39 Å². The average molecular weight is 360 g/mol. The molecule has 1 aliphatic rings. The topological polar surface area (TPSA) is 75.2 Å². The van der Waals surface area contributed by atoms with E-state index in [9.17, 15) is 14.0 Å². The Hall–Kier alpha value is -2.48. The molecule has 25 heavy (non-hydrogen) atoms. The van der Waals surface area contributed by atoms with E-state index in [4.69, 9.17) is 0 Å². The number of amides is 2. The third-order valence-electron chi connectivity index (χ3n) is 3.72. The number of rotatable bonds is 6. The predicted molar refractivity (Wildman–Crippen MR) is 91.1 cm³/mol. The van der Waals surface area contributed by atoms with Crippen molar-refractivity contribution < 1.29 is 14.0 Å². The third kappa shape index (κ3) is 4.99. The van der Waals surface area contributed by atoms with Crippen LogP contribution in [0.15, 0.2) is 47.9 Å². The molecule has 1 atom stereocenters. The standard InChI is InChI=1S/C17H17FN4O2S/c18-13-4-1-3-12(7-13)9-22-10-14(8-16(22)24)21-15(23)11-25-17-19-5-2-6-20-17/h1-7,14H,8-11H2,(H,21,23)/t14-/m1/s1. The van der Waals surface area contributed by atoms with E-state index >= 15 is 0 Å². The van der Waals surface area contributed by atoms with Crippen LogP contribution in [-0.2, 0) is 16.1 Å². The van der Waals surface area contributed by atoms with Crippen LogP contribution in [0.3, 0.4) is 0 Å². The molecule has 0 spiro atoms. The van der Waals surface area contributed by atoms with Crippen molar-refractivity contribution in [1.82, 2.24) is 20.2 Å². The van der Waals surface area contributed by atoms with Gasteiger partial charge in [0.2, 0.25) is 11.8 Å². The van der Waals surface area contributed by atoms with Crippen LogP contribution in [0.1, 0.15) is 12.0 Å². The molecule has 1 aromatic heterocycles. The molecule has 1 saturated heterocycles. The molecule has 0 saturated carbocycles. The molecule has 2 heterocycles. The van der Waals surface area contributed by atoms with E-state index in [1.54, 1.807) is 35.5 Å². The zero-order chi connectivity index (χ0) is 17.6. The lowest BCUT2D eigenvalue weighted by Crippen LogP contribution is -2.38. The highest BCUT2D eigenvalue weighted by Gasteiger charge is 2.30. The van der Waals surface area contributed by atoms with Gasteiger partial charge in [-0.3, -0.25) is 9.59 Å². The number of likely N-dealkylation sites (tertiary alicyclic amines) is 1. The van der Waals surface area contributed by atoms with E-state index in [1.807, 2.05) is 0 Å². The number of hydrogen-bond acceptors (Lipinski definition) is 5. The summed E-state index contributed by atoms with van der Waals surface area (Å²) in [5.41, 5.74) is 0.733. The number of nitrogens with one attached hydrogen (secondary N) is 1. The Balaban J connectivity index is 1.48. The average Bonchev–Trinajstić information content (AvgIpc) is 2.93. The van der Waals surface area contributed by atoms with E-state index < -0.39 is 0 Å². The van der Waals surface area contributed by atoms with Gasteiger partial charge in [0.25, 0.3) is 0 Å². The number of hydrogen-bond donors (Lipinski definition) is 1. The first kappa shape index (κ1) is 17.3. The quantitative estimate of drug-likeness (QED) is 0.626. The molecule has 0 aliphatic carbocycles. The van der Waals surface area contributed by atoms with Crippen molar-refractivity contribution >= 4 is 23.6 Å². The van der Waals surface area contributed by atoms with Crippen LogP contribution in [0.25, 0.3) is 0 Å². The van der Waals surface area contributed by atoms with Crippen LogP contribution in [0.2, 0.25) is 0 Å². The number of nitrogens with zero attached hydrogens (tertiary/aromatic N) is 3. The maximum atomic E-state index is 13.2. The lowest BCUT2D eigenvalue weighted by Gasteiger charge is -2.17. The Morgan fingerprint density at radius 3 is 2.88 bits per heavy atom. The minimum Gasteiger partial charge on any atom is -0.350 e. The van der Waals surface area contributed by atoms with Gasteiger partial charge in [-0.25, -0.2) is 14.4 Å². The maximum Gasteiger partial charge on any atom is 0.230 e. The highest BCUT2D eigenvalue weighted by Crippen LogP contribution is 2.16. The van der Waals surface area contributed by atoms with Gasteiger partial charge in [0.05, 0.1) is 11.8 Å². The van der Waals surface area contributed by atoms with Gasteiger partial charge >= 0.3 is 0 Å². The van der Waals surface area contributed by atoms with Gasteiger partial charge in [-0.2, -0.15) is 0 Å². The first-order valence-electron chi connectivity index (χ1n) is 7.81. The molecule has 0 radical (unpaired) electrons. The Labute approximate surface area is 148 Å². The summed E-state index contributed by atoms with van der Waals surface area (Å²) < 4.78 is 13.2. The summed E-state index contributed by atoms with van der Waals surface area (Å²) in [7, 11) is 0. The Bertz CT molecular complexity index is 759.